The maximum atomic E-state index is 13.2. The van der Waals surface area contributed by atoms with Gasteiger partial charge in [0.2, 0.25) is 0 Å². The minimum absolute atomic E-state index is 0.0426. The summed E-state index contributed by atoms with van der Waals surface area (Å²) < 4.78 is 21.1. The monoisotopic (exact) mass is 391 g/mol. The molecule has 0 amide bonds. The average Bonchev–Trinajstić information content (AvgIpc) is 2.75. The van der Waals surface area contributed by atoms with E-state index in [2.05, 4.69) is 4.98 Å². The molecule has 0 fully saturated rings. The summed E-state index contributed by atoms with van der Waals surface area (Å²) in [6.07, 6.45) is 1.55. The number of pyridine rings is 1. The third kappa shape index (κ3) is 3.67. The van der Waals surface area contributed by atoms with Gasteiger partial charge in [0.05, 0.1) is 25.6 Å². The Morgan fingerprint density at radius 2 is 1.69 bits per heavy atom. The van der Waals surface area contributed by atoms with Crippen LogP contribution in [0.2, 0.25) is 0 Å². The Bertz CT molecular complexity index is 1290. The molecule has 0 bridgehead atoms. The first-order valence-corrected chi connectivity index (χ1v) is 9.02. The molecule has 0 aliphatic carbocycles. The number of rotatable bonds is 5. The Labute approximate surface area is 165 Å². The molecule has 0 atom stereocenters. The van der Waals surface area contributed by atoms with Gasteiger partial charge < -0.3 is 4.74 Å². The van der Waals surface area contributed by atoms with E-state index in [1.54, 1.807) is 37.6 Å². The Kier molecular flexibility index (Phi) is 4.95. The number of ether oxygens (including phenoxy) is 1. The summed E-state index contributed by atoms with van der Waals surface area (Å²) in [6.45, 7) is 0.272. The van der Waals surface area contributed by atoms with Gasteiger partial charge in [-0.15, -0.1) is 0 Å². The second kappa shape index (κ2) is 7.71. The predicted molar refractivity (Wildman–Crippen MR) is 108 cm³/mol. The number of halogens is 1. The van der Waals surface area contributed by atoms with Crippen LogP contribution in [-0.4, -0.2) is 21.2 Å². The molecule has 2 aromatic carbocycles. The molecule has 0 unspecified atom stereocenters. The number of benzene rings is 2. The maximum Gasteiger partial charge on any atom is 0.333 e. The zero-order valence-corrected chi connectivity index (χ0v) is 15.7. The highest BCUT2D eigenvalue weighted by Crippen LogP contribution is 2.15. The quantitative estimate of drug-likeness (QED) is 0.525. The van der Waals surface area contributed by atoms with E-state index in [0.717, 1.165) is 10.1 Å². The van der Waals surface area contributed by atoms with Gasteiger partial charge in [-0.25, -0.2) is 14.2 Å². The second-order valence-corrected chi connectivity index (χ2v) is 6.61. The van der Waals surface area contributed by atoms with Crippen molar-refractivity contribution < 1.29 is 9.13 Å². The lowest BCUT2D eigenvalue weighted by Gasteiger charge is -2.14. The number of aromatic nitrogens is 3. The highest BCUT2D eigenvalue weighted by Gasteiger charge is 2.15. The largest absolute Gasteiger partial charge is 0.497 e. The van der Waals surface area contributed by atoms with Gasteiger partial charge in [0, 0.05) is 6.20 Å². The third-order valence-corrected chi connectivity index (χ3v) is 4.71. The van der Waals surface area contributed by atoms with E-state index in [1.807, 2.05) is 24.3 Å². The van der Waals surface area contributed by atoms with Crippen molar-refractivity contribution >= 4 is 11.0 Å². The molecule has 0 aliphatic heterocycles. The molecule has 29 heavy (non-hydrogen) atoms. The molecule has 0 aliphatic rings. The molecular formula is C22H18FN3O3. The van der Waals surface area contributed by atoms with Gasteiger partial charge in [0.1, 0.15) is 17.2 Å². The molecule has 146 valence electrons. The number of fused-ring (bicyclic) bond motifs is 1. The van der Waals surface area contributed by atoms with Crippen LogP contribution in [-0.2, 0) is 13.1 Å². The molecule has 0 radical (unpaired) electrons. The third-order valence-electron chi connectivity index (χ3n) is 4.71. The summed E-state index contributed by atoms with van der Waals surface area (Å²) in [5.74, 6) is 0.298. The lowest BCUT2D eigenvalue weighted by Crippen LogP contribution is -2.40. The summed E-state index contributed by atoms with van der Waals surface area (Å²) in [5, 5.41) is 0.345. The van der Waals surface area contributed by atoms with E-state index in [4.69, 9.17) is 4.74 Å². The first kappa shape index (κ1) is 18.6. The lowest BCUT2D eigenvalue weighted by atomic mass is 10.2. The van der Waals surface area contributed by atoms with Crippen LogP contribution in [0.3, 0.4) is 0 Å². The molecule has 0 N–H and O–H groups in total. The maximum absolute atomic E-state index is 13.2. The fourth-order valence-corrected chi connectivity index (χ4v) is 3.26. The van der Waals surface area contributed by atoms with Crippen molar-refractivity contribution in [1.82, 2.24) is 14.1 Å². The van der Waals surface area contributed by atoms with Crippen molar-refractivity contribution in [2.45, 2.75) is 13.1 Å². The minimum Gasteiger partial charge on any atom is -0.497 e. The molecule has 2 aromatic heterocycles. The van der Waals surface area contributed by atoms with Crippen LogP contribution in [0, 0.1) is 5.82 Å². The van der Waals surface area contributed by atoms with E-state index in [-0.39, 0.29) is 18.9 Å². The van der Waals surface area contributed by atoms with Gasteiger partial charge in [-0.2, -0.15) is 0 Å². The van der Waals surface area contributed by atoms with Crippen molar-refractivity contribution in [3.05, 3.63) is 105 Å². The minimum atomic E-state index is -0.478. The lowest BCUT2D eigenvalue weighted by molar-refractivity contribution is 0.414. The van der Waals surface area contributed by atoms with Crippen LogP contribution >= 0.6 is 0 Å². The van der Waals surface area contributed by atoms with Crippen molar-refractivity contribution in [2.24, 2.45) is 0 Å². The summed E-state index contributed by atoms with van der Waals surface area (Å²) in [7, 11) is 1.57. The molecule has 0 saturated carbocycles. The second-order valence-electron chi connectivity index (χ2n) is 6.61. The van der Waals surface area contributed by atoms with E-state index < -0.39 is 11.2 Å². The standard InChI is InChI=1S/C22H18FN3O3/c1-29-18-5-2-4-16(12-18)14-25-20-19(6-3-11-24-20)21(27)26(22(25)28)13-15-7-9-17(23)10-8-15/h2-12H,13-14H2,1H3. The Balaban J connectivity index is 1.87. The topological polar surface area (TPSA) is 66.1 Å². The van der Waals surface area contributed by atoms with E-state index in [9.17, 15) is 14.0 Å². The fourth-order valence-electron chi connectivity index (χ4n) is 3.26. The Morgan fingerprint density at radius 3 is 2.45 bits per heavy atom. The van der Waals surface area contributed by atoms with Crippen LogP contribution in [0.1, 0.15) is 11.1 Å². The molecule has 6 nitrogen and oxygen atoms in total. The zero-order valence-electron chi connectivity index (χ0n) is 15.7. The van der Waals surface area contributed by atoms with Crippen molar-refractivity contribution in [2.75, 3.05) is 7.11 Å². The Morgan fingerprint density at radius 1 is 0.931 bits per heavy atom. The van der Waals surface area contributed by atoms with Crippen LogP contribution in [0.15, 0.2) is 76.4 Å². The molecule has 0 spiro atoms. The van der Waals surface area contributed by atoms with Gasteiger partial charge in [-0.3, -0.25) is 13.9 Å². The smallest absolute Gasteiger partial charge is 0.333 e. The average molecular weight is 391 g/mol. The van der Waals surface area contributed by atoms with Crippen molar-refractivity contribution in [3.8, 4) is 5.75 Å². The highest BCUT2D eigenvalue weighted by atomic mass is 19.1. The van der Waals surface area contributed by atoms with Crippen LogP contribution in [0.4, 0.5) is 4.39 Å². The van der Waals surface area contributed by atoms with E-state index in [0.29, 0.717) is 22.3 Å². The number of hydrogen-bond donors (Lipinski definition) is 0. The van der Waals surface area contributed by atoms with Crippen LogP contribution < -0.4 is 16.0 Å². The molecular weight excluding hydrogens is 373 g/mol. The van der Waals surface area contributed by atoms with Gasteiger partial charge in [-0.05, 0) is 47.5 Å². The summed E-state index contributed by atoms with van der Waals surface area (Å²) in [6, 6.07) is 16.4. The van der Waals surface area contributed by atoms with E-state index in [1.165, 1.54) is 16.7 Å². The van der Waals surface area contributed by atoms with Crippen LogP contribution in [0.25, 0.3) is 11.0 Å². The van der Waals surface area contributed by atoms with Crippen molar-refractivity contribution in [1.29, 1.82) is 0 Å². The number of nitrogens with zero attached hydrogens (tertiary/aromatic N) is 3. The summed E-state index contributed by atoms with van der Waals surface area (Å²) in [4.78, 5) is 30.4. The Hall–Kier alpha value is -3.74. The van der Waals surface area contributed by atoms with Crippen LogP contribution in [0.5, 0.6) is 5.75 Å². The van der Waals surface area contributed by atoms with Gasteiger partial charge >= 0.3 is 5.69 Å². The summed E-state index contributed by atoms with van der Waals surface area (Å²) >= 11 is 0. The van der Waals surface area contributed by atoms with Gasteiger partial charge in [-0.1, -0.05) is 24.3 Å². The number of methoxy groups -OCH3 is 1. The molecule has 7 heteroatoms. The SMILES string of the molecule is COc1cccc(Cn2c(=O)n(Cc3ccc(F)cc3)c(=O)c3cccnc32)c1. The number of hydrogen-bond acceptors (Lipinski definition) is 4. The molecule has 0 saturated heterocycles. The zero-order chi connectivity index (χ0) is 20.4. The normalized spacial score (nSPS) is 11.0. The molecule has 2 heterocycles. The highest BCUT2D eigenvalue weighted by molar-refractivity contribution is 5.73. The first-order valence-electron chi connectivity index (χ1n) is 9.02. The van der Waals surface area contributed by atoms with Gasteiger partial charge in [0.25, 0.3) is 5.56 Å². The molecule has 4 rings (SSSR count). The summed E-state index contributed by atoms with van der Waals surface area (Å²) in [5.41, 5.74) is 0.908. The first-order chi connectivity index (χ1) is 14.1. The predicted octanol–water partition coefficient (Wildman–Crippen LogP) is 2.80. The fraction of sp³-hybridized carbons (Fsp3) is 0.136. The molecule has 4 aromatic rings. The van der Waals surface area contributed by atoms with Crippen molar-refractivity contribution in [3.63, 3.8) is 0 Å². The van der Waals surface area contributed by atoms with Gasteiger partial charge in [0.15, 0.2) is 0 Å². The van der Waals surface area contributed by atoms with E-state index >= 15 is 0 Å².